The fourth-order valence-corrected chi connectivity index (χ4v) is 6.17. The van der Waals surface area contributed by atoms with E-state index in [0.29, 0.717) is 5.69 Å². The summed E-state index contributed by atoms with van der Waals surface area (Å²) in [6, 6.07) is 13.4. The van der Waals surface area contributed by atoms with Gasteiger partial charge in [-0.05, 0) is 36.8 Å². The number of phenolic OH excluding ortho intramolecular Hbond substituents is 1. The summed E-state index contributed by atoms with van der Waals surface area (Å²) in [5.41, 5.74) is 2.11. The van der Waals surface area contributed by atoms with Crippen LogP contribution in [0.15, 0.2) is 63.7 Å². The van der Waals surface area contributed by atoms with Crippen LogP contribution in [-0.2, 0) is 14.6 Å². The van der Waals surface area contributed by atoms with Crippen LogP contribution in [-0.4, -0.2) is 19.4 Å². The lowest BCUT2D eigenvalue weighted by Gasteiger charge is -2.23. The van der Waals surface area contributed by atoms with E-state index < -0.39 is 9.84 Å². The van der Waals surface area contributed by atoms with Gasteiger partial charge in [-0.2, -0.15) is 0 Å². The van der Waals surface area contributed by atoms with Crippen molar-refractivity contribution >= 4 is 32.8 Å². The van der Waals surface area contributed by atoms with Crippen LogP contribution in [0.2, 0.25) is 0 Å². The van der Waals surface area contributed by atoms with Crippen molar-refractivity contribution in [2.45, 2.75) is 29.1 Å². The smallest absolute Gasteiger partial charge is 0.225 e. The Morgan fingerprint density at radius 1 is 1.15 bits per heavy atom. The molecule has 0 saturated carbocycles. The Hall–Kier alpha value is -2.64. The number of amides is 1. The van der Waals surface area contributed by atoms with Crippen molar-refractivity contribution in [1.82, 2.24) is 0 Å². The first kappa shape index (κ1) is 17.8. The Balaban J connectivity index is 1.83. The number of aromatic hydroxyl groups is 1. The Kier molecular flexibility index (Phi) is 4.28. The van der Waals surface area contributed by atoms with Gasteiger partial charge in [0.15, 0.2) is 0 Å². The molecule has 7 heteroatoms. The van der Waals surface area contributed by atoms with E-state index in [1.165, 1.54) is 11.3 Å². The van der Waals surface area contributed by atoms with Crippen molar-refractivity contribution in [1.29, 1.82) is 0 Å². The Morgan fingerprint density at radius 3 is 2.59 bits per heavy atom. The van der Waals surface area contributed by atoms with E-state index in [0.717, 1.165) is 16.0 Å². The summed E-state index contributed by atoms with van der Waals surface area (Å²) in [5, 5.41) is 14.1. The SMILES string of the molecule is Cc1ccc(S(=O)(=O)c2csc3c2NC(=O)CC3c2cccc(O)c2)cc1. The van der Waals surface area contributed by atoms with Gasteiger partial charge in [0.25, 0.3) is 0 Å². The Bertz CT molecular complexity index is 1130. The van der Waals surface area contributed by atoms with E-state index in [9.17, 15) is 18.3 Å². The number of anilines is 1. The van der Waals surface area contributed by atoms with Gasteiger partial charge in [-0.3, -0.25) is 4.79 Å². The molecule has 4 rings (SSSR count). The molecule has 1 aromatic heterocycles. The highest BCUT2D eigenvalue weighted by molar-refractivity contribution is 7.91. The third-order valence-corrected chi connectivity index (χ3v) is 7.69. The first-order valence-corrected chi connectivity index (χ1v) is 10.7. The number of sulfone groups is 1. The number of hydrogen-bond donors (Lipinski definition) is 2. The number of rotatable bonds is 3. The number of nitrogens with one attached hydrogen (secondary N) is 1. The first-order valence-electron chi connectivity index (χ1n) is 8.38. The zero-order chi connectivity index (χ0) is 19.2. The van der Waals surface area contributed by atoms with E-state index in [1.54, 1.807) is 47.8 Å². The highest BCUT2D eigenvalue weighted by Gasteiger charge is 2.34. The fraction of sp³-hybridized carbons (Fsp3) is 0.150. The first-order chi connectivity index (χ1) is 12.9. The zero-order valence-corrected chi connectivity index (χ0v) is 16.1. The largest absolute Gasteiger partial charge is 0.508 e. The Morgan fingerprint density at radius 2 is 1.89 bits per heavy atom. The minimum atomic E-state index is -3.74. The summed E-state index contributed by atoms with van der Waals surface area (Å²) >= 11 is 1.31. The van der Waals surface area contributed by atoms with E-state index in [1.807, 2.05) is 13.0 Å². The van der Waals surface area contributed by atoms with Crippen LogP contribution >= 0.6 is 11.3 Å². The topological polar surface area (TPSA) is 83.5 Å². The number of benzene rings is 2. The molecule has 1 atom stereocenters. The van der Waals surface area contributed by atoms with Crippen LogP contribution in [0.1, 0.15) is 28.3 Å². The molecule has 0 saturated heterocycles. The van der Waals surface area contributed by atoms with Crippen molar-refractivity contribution in [3.63, 3.8) is 0 Å². The summed E-state index contributed by atoms with van der Waals surface area (Å²) in [7, 11) is -3.74. The van der Waals surface area contributed by atoms with Crippen molar-refractivity contribution < 1.29 is 18.3 Å². The highest BCUT2D eigenvalue weighted by atomic mass is 32.2. The molecule has 0 bridgehead atoms. The lowest BCUT2D eigenvalue weighted by Crippen LogP contribution is -2.23. The van der Waals surface area contributed by atoms with E-state index in [-0.39, 0.29) is 33.8 Å². The van der Waals surface area contributed by atoms with Crippen LogP contribution in [0.3, 0.4) is 0 Å². The molecule has 3 aromatic rings. The minimum Gasteiger partial charge on any atom is -0.508 e. The maximum Gasteiger partial charge on any atom is 0.225 e. The monoisotopic (exact) mass is 399 g/mol. The average molecular weight is 399 g/mol. The van der Waals surface area contributed by atoms with Crippen molar-refractivity contribution in [2.24, 2.45) is 0 Å². The quantitative estimate of drug-likeness (QED) is 0.695. The molecule has 2 heterocycles. The molecule has 1 unspecified atom stereocenters. The molecular weight excluding hydrogens is 382 g/mol. The average Bonchev–Trinajstić information content (AvgIpc) is 3.06. The lowest BCUT2D eigenvalue weighted by atomic mass is 9.90. The maximum atomic E-state index is 13.1. The zero-order valence-electron chi connectivity index (χ0n) is 14.5. The van der Waals surface area contributed by atoms with Crippen LogP contribution in [0.4, 0.5) is 5.69 Å². The number of hydrogen-bond acceptors (Lipinski definition) is 5. The van der Waals surface area contributed by atoms with Gasteiger partial charge in [-0.15, -0.1) is 11.3 Å². The predicted octanol–water partition coefficient (Wildman–Crippen LogP) is 4.07. The second-order valence-corrected chi connectivity index (χ2v) is 9.38. The number of carbonyl (C=O) groups is 1. The summed E-state index contributed by atoms with van der Waals surface area (Å²) in [6.07, 6.45) is 0.209. The van der Waals surface area contributed by atoms with Crippen LogP contribution in [0.25, 0.3) is 0 Å². The fourth-order valence-electron chi connectivity index (χ4n) is 3.26. The molecule has 5 nitrogen and oxygen atoms in total. The molecule has 0 radical (unpaired) electrons. The number of aryl methyl sites for hydroxylation is 1. The van der Waals surface area contributed by atoms with Gasteiger partial charge in [-0.25, -0.2) is 8.42 Å². The van der Waals surface area contributed by atoms with Crippen molar-refractivity contribution in [2.75, 3.05) is 5.32 Å². The molecule has 1 amide bonds. The van der Waals surface area contributed by atoms with Crippen LogP contribution < -0.4 is 5.32 Å². The number of thiophene rings is 1. The summed E-state index contributed by atoms with van der Waals surface area (Å²) < 4.78 is 26.2. The molecule has 0 spiro atoms. The van der Waals surface area contributed by atoms with Crippen LogP contribution in [0.5, 0.6) is 5.75 Å². The molecule has 1 aliphatic heterocycles. The number of carbonyl (C=O) groups excluding carboxylic acids is 1. The molecule has 138 valence electrons. The predicted molar refractivity (Wildman–Crippen MR) is 104 cm³/mol. The van der Waals surface area contributed by atoms with Crippen molar-refractivity contribution in [3.05, 3.63) is 69.9 Å². The molecular formula is C20H17NO4S2. The second kappa shape index (κ2) is 6.51. The highest BCUT2D eigenvalue weighted by Crippen LogP contribution is 2.46. The number of fused-ring (bicyclic) bond motifs is 1. The van der Waals surface area contributed by atoms with E-state index in [4.69, 9.17) is 0 Å². The van der Waals surface area contributed by atoms with Gasteiger partial charge >= 0.3 is 0 Å². The molecule has 2 aromatic carbocycles. The molecule has 0 fully saturated rings. The molecule has 27 heavy (non-hydrogen) atoms. The van der Waals surface area contributed by atoms with Crippen LogP contribution in [0, 0.1) is 6.92 Å². The van der Waals surface area contributed by atoms with Gasteiger partial charge < -0.3 is 10.4 Å². The minimum absolute atomic E-state index is 0.115. The lowest BCUT2D eigenvalue weighted by molar-refractivity contribution is -0.116. The third kappa shape index (κ3) is 3.13. The van der Waals surface area contributed by atoms with Gasteiger partial charge in [0, 0.05) is 22.6 Å². The molecule has 1 aliphatic rings. The van der Waals surface area contributed by atoms with Gasteiger partial charge in [-0.1, -0.05) is 29.8 Å². The van der Waals surface area contributed by atoms with Crippen molar-refractivity contribution in [3.8, 4) is 5.75 Å². The third-order valence-electron chi connectivity index (χ3n) is 4.65. The molecule has 0 aliphatic carbocycles. The maximum absolute atomic E-state index is 13.1. The van der Waals surface area contributed by atoms with E-state index >= 15 is 0 Å². The summed E-state index contributed by atoms with van der Waals surface area (Å²) in [5.74, 6) is -0.411. The number of phenols is 1. The van der Waals surface area contributed by atoms with Gasteiger partial charge in [0.2, 0.25) is 15.7 Å². The van der Waals surface area contributed by atoms with E-state index in [2.05, 4.69) is 5.32 Å². The summed E-state index contributed by atoms with van der Waals surface area (Å²) in [4.78, 5) is 13.4. The van der Waals surface area contributed by atoms with Gasteiger partial charge in [0.05, 0.1) is 10.6 Å². The standard InChI is InChI=1S/C20H17NO4S2/c1-12-5-7-15(8-6-12)27(24,25)17-11-26-20-16(10-18(23)21-19(17)20)13-3-2-4-14(22)9-13/h2-9,11,16,22H,10H2,1H3,(H,21,23). The van der Waals surface area contributed by atoms with Gasteiger partial charge in [0.1, 0.15) is 10.6 Å². The summed E-state index contributed by atoms with van der Waals surface area (Å²) in [6.45, 7) is 1.89. The normalized spacial score (nSPS) is 16.6. The Labute approximate surface area is 161 Å². The molecule has 2 N–H and O–H groups in total. The second-order valence-electron chi connectivity index (χ2n) is 6.56.